The fourth-order valence-corrected chi connectivity index (χ4v) is 16.9. The molecule has 1 saturated heterocycles. The Labute approximate surface area is 361 Å². The molecule has 0 bridgehead atoms. The predicted molar refractivity (Wildman–Crippen MR) is 238 cm³/mol. The number of aliphatic carboxylic acids is 1. The van der Waals surface area contributed by atoms with Gasteiger partial charge in [-0.3, -0.25) is 4.79 Å². The van der Waals surface area contributed by atoms with Crippen LogP contribution in [0.4, 0.5) is 5.69 Å². The van der Waals surface area contributed by atoms with Crippen LogP contribution in [0.15, 0.2) is 53.8 Å². The predicted octanol–water partition coefficient (Wildman–Crippen LogP) is 9.85. The lowest BCUT2D eigenvalue weighted by molar-refractivity contribution is -0.221. The molecule has 2 heterocycles. The Morgan fingerprint density at radius 1 is 1.00 bits per heavy atom. The van der Waals surface area contributed by atoms with Gasteiger partial charge in [-0.05, 0) is 159 Å². The zero-order chi connectivity index (χ0) is 42.9. The highest BCUT2D eigenvalue weighted by molar-refractivity contribution is 7.91. The van der Waals surface area contributed by atoms with Crippen LogP contribution in [0, 0.1) is 63.2 Å². The largest absolute Gasteiger partial charge is 0.486 e. The number of sulfone groups is 1. The lowest BCUT2D eigenvalue weighted by Gasteiger charge is -2.72. The van der Waals surface area contributed by atoms with Gasteiger partial charge in [0.05, 0.1) is 30.1 Å². The van der Waals surface area contributed by atoms with Crippen LogP contribution in [0.2, 0.25) is 0 Å². The molecular weight excluding hydrogens is 769 g/mol. The maximum atomic E-state index is 12.8. The van der Waals surface area contributed by atoms with E-state index in [1.54, 1.807) is 18.3 Å². The maximum Gasteiger partial charge on any atom is 0.310 e. The number of carboxylic acid groups (broad SMARTS) is 1. The summed E-state index contributed by atoms with van der Waals surface area (Å²) in [5.41, 5.74) is 4.41. The molecule has 9 nitrogen and oxygen atoms in total. The third-order valence-electron chi connectivity index (χ3n) is 19.1. The van der Waals surface area contributed by atoms with Gasteiger partial charge in [-0.2, -0.15) is 0 Å². The van der Waals surface area contributed by atoms with Crippen LogP contribution in [-0.4, -0.2) is 79.2 Å². The lowest BCUT2D eigenvalue weighted by Crippen LogP contribution is -2.68. The molecule has 1 aliphatic heterocycles. The van der Waals surface area contributed by atoms with Crippen LogP contribution < -0.4 is 10.1 Å². The number of ether oxygens (including phenoxy) is 1. The van der Waals surface area contributed by atoms with Gasteiger partial charge in [-0.1, -0.05) is 65.0 Å². The molecule has 1 unspecified atom stereocenters. The molecule has 8 rings (SSSR count). The second kappa shape index (κ2) is 15.7. The van der Waals surface area contributed by atoms with E-state index in [9.17, 15) is 18.3 Å². The van der Waals surface area contributed by atoms with Gasteiger partial charge in [0.25, 0.3) is 0 Å². The molecule has 5 fully saturated rings. The van der Waals surface area contributed by atoms with E-state index < -0.39 is 21.2 Å². The number of aromatic nitrogens is 1. The van der Waals surface area contributed by atoms with Crippen LogP contribution in [-0.2, 0) is 14.6 Å². The number of hydrogen-bond donors (Lipinski definition) is 2. The zero-order valence-corrected chi connectivity index (χ0v) is 38.3. The normalized spacial score (nSPS) is 40.6. The Hall–Kier alpha value is -3.00. The number of carbonyl (C=O) groups is 1. The first-order chi connectivity index (χ1) is 28.3. The molecular formula is C50H72N4O5S. The molecule has 1 aromatic rings. The molecule has 2 N–H and O–H groups in total. The first kappa shape index (κ1) is 43.6. The van der Waals surface area contributed by atoms with Gasteiger partial charge in [0, 0.05) is 37.9 Å². The van der Waals surface area contributed by atoms with Gasteiger partial charge in [0.15, 0.2) is 9.84 Å². The summed E-state index contributed by atoms with van der Waals surface area (Å²) >= 11 is 0. The average molecular weight is 841 g/mol. The van der Waals surface area contributed by atoms with Crippen molar-refractivity contribution in [3.63, 3.8) is 0 Å². The summed E-state index contributed by atoms with van der Waals surface area (Å²) in [7, 11) is -2.88. The summed E-state index contributed by atoms with van der Waals surface area (Å²) in [5.74, 6) is 3.06. The number of nitrogens with one attached hydrogen (secondary N) is 1. The molecule has 10 atom stereocenters. The van der Waals surface area contributed by atoms with Crippen molar-refractivity contribution in [3.8, 4) is 5.88 Å². The topological polar surface area (TPSA) is 113 Å². The van der Waals surface area contributed by atoms with E-state index in [1.165, 1.54) is 68.1 Å². The van der Waals surface area contributed by atoms with Gasteiger partial charge in [-0.15, -0.1) is 0 Å². The first-order valence-electron chi connectivity index (χ1n) is 23.3. The molecule has 60 heavy (non-hydrogen) atoms. The monoisotopic (exact) mass is 841 g/mol. The highest BCUT2D eigenvalue weighted by Gasteiger charge is 2.70. The van der Waals surface area contributed by atoms with Crippen LogP contribution in [0.25, 0.3) is 4.85 Å². The van der Waals surface area contributed by atoms with Crippen molar-refractivity contribution >= 4 is 21.5 Å². The zero-order valence-electron chi connectivity index (χ0n) is 37.5. The van der Waals surface area contributed by atoms with E-state index >= 15 is 0 Å². The summed E-state index contributed by atoms with van der Waals surface area (Å²) in [5, 5.41) is 14.7. The van der Waals surface area contributed by atoms with Crippen molar-refractivity contribution in [3.05, 3.63) is 65.2 Å². The third-order valence-corrected chi connectivity index (χ3v) is 20.7. The Morgan fingerprint density at radius 3 is 2.45 bits per heavy atom. The minimum atomic E-state index is -2.88. The number of nitrogens with zero attached hydrogens (tertiary/aromatic N) is 3. The van der Waals surface area contributed by atoms with Gasteiger partial charge >= 0.3 is 5.97 Å². The number of allylic oxidation sites excluding steroid dienone is 5. The minimum absolute atomic E-state index is 0.0138. The minimum Gasteiger partial charge on any atom is -0.486 e. The molecule has 10 heteroatoms. The molecule has 328 valence electrons. The molecule has 1 aromatic heterocycles. The Morgan fingerprint density at radius 2 is 1.77 bits per heavy atom. The fourth-order valence-electron chi connectivity index (χ4n) is 15.6. The Balaban J connectivity index is 0.990. The molecule has 6 aliphatic carbocycles. The molecule has 0 aromatic carbocycles. The highest BCUT2D eigenvalue weighted by Crippen LogP contribution is 2.76. The van der Waals surface area contributed by atoms with Gasteiger partial charge in [0.1, 0.15) is 0 Å². The van der Waals surface area contributed by atoms with E-state index in [0.29, 0.717) is 67.6 Å². The molecule has 0 spiro atoms. The molecule has 7 aliphatic rings. The van der Waals surface area contributed by atoms with Gasteiger partial charge < -0.3 is 20.1 Å². The smallest absolute Gasteiger partial charge is 0.310 e. The van der Waals surface area contributed by atoms with E-state index in [1.807, 2.05) is 0 Å². The molecule has 0 radical (unpaired) electrons. The van der Waals surface area contributed by atoms with Crippen molar-refractivity contribution in [1.82, 2.24) is 15.2 Å². The Bertz CT molecular complexity index is 2080. The van der Waals surface area contributed by atoms with E-state index in [2.05, 4.69) is 80.3 Å². The summed E-state index contributed by atoms with van der Waals surface area (Å²) < 4.78 is 30.1. The van der Waals surface area contributed by atoms with Crippen molar-refractivity contribution < 1.29 is 23.1 Å². The third kappa shape index (κ3) is 7.03. The van der Waals surface area contributed by atoms with Crippen molar-refractivity contribution in [2.24, 2.45) is 56.7 Å². The number of carboxylic acids is 1. The summed E-state index contributed by atoms with van der Waals surface area (Å²) in [6, 6.07) is 3.38. The average Bonchev–Trinajstić information content (AvgIpc) is 3.59. The number of fused-ring (bicyclic) bond motifs is 7. The SMILES string of the molecule is [C-]#[N+]c1cccnc1OCCC1(C(=O)O)CC=C(C2=CC[C@]3(C)[C@H]4CC[C@@H]5[C@H]6[C@H](C(=C)C)CC[C@]6(NCCN6CCS(=O)(=O)CC6)CC[C@@]5(C)[C@]4(C)CC[C@H]3C2(C)C)CC1. The van der Waals surface area contributed by atoms with E-state index in [-0.39, 0.29) is 51.2 Å². The highest BCUT2D eigenvalue weighted by atomic mass is 32.2. The lowest BCUT2D eigenvalue weighted by atomic mass is 9.33. The summed E-state index contributed by atoms with van der Waals surface area (Å²) in [4.78, 5) is 22.9. The van der Waals surface area contributed by atoms with Gasteiger partial charge in [0.2, 0.25) is 11.6 Å². The number of rotatable bonds is 11. The summed E-state index contributed by atoms with van der Waals surface area (Å²) in [6.45, 7) is 30.7. The van der Waals surface area contributed by atoms with Crippen molar-refractivity contribution in [2.45, 2.75) is 131 Å². The van der Waals surface area contributed by atoms with Crippen LogP contribution in [0.5, 0.6) is 5.88 Å². The fraction of sp³-hybridized carbons (Fsp3) is 0.740. The number of hydrogen-bond acceptors (Lipinski definition) is 7. The second-order valence-corrected chi connectivity index (χ2v) is 24.2. The summed E-state index contributed by atoms with van der Waals surface area (Å²) in [6.07, 6.45) is 19.7. The first-order valence-corrected chi connectivity index (χ1v) is 25.1. The molecule has 0 amide bonds. The Kier molecular flexibility index (Phi) is 11.4. The quantitative estimate of drug-likeness (QED) is 0.167. The van der Waals surface area contributed by atoms with Crippen molar-refractivity contribution in [2.75, 3.05) is 44.3 Å². The van der Waals surface area contributed by atoms with Crippen LogP contribution >= 0.6 is 0 Å². The van der Waals surface area contributed by atoms with E-state index in [4.69, 9.17) is 11.3 Å². The van der Waals surface area contributed by atoms with E-state index in [0.717, 1.165) is 25.9 Å². The molecule has 4 saturated carbocycles. The standard InChI is InChI=1S/C50H72N4O5S/c1-34(2)36-15-22-50(53-27-28-54-29-32-60(57,58)33-30-54)24-23-47(6)38(42(36)50)11-12-41-46(5)18-16-37(45(3,4)40(46)17-19-48(41,47)7)35-13-20-49(21-14-35,44(55)56)25-31-59-43-39(51-8)10-9-26-52-43/h9-10,13,16,26,36,38,40-42,53H,1,11-12,14-15,17-25,27-33H2,2-7H3,(H,55,56)/t36-,38+,40-,41+,42+,46-,47+,48+,49?,50-/m0/s1. The van der Waals surface area contributed by atoms with Crippen LogP contribution in [0.1, 0.15) is 125 Å². The maximum absolute atomic E-state index is 12.8. The van der Waals surface area contributed by atoms with Crippen LogP contribution in [0.3, 0.4) is 0 Å². The second-order valence-electron chi connectivity index (χ2n) is 21.9. The van der Waals surface area contributed by atoms with Gasteiger partial charge in [-0.25, -0.2) is 18.2 Å². The van der Waals surface area contributed by atoms with Crippen molar-refractivity contribution in [1.29, 1.82) is 0 Å². The number of pyridine rings is 1.